The van der Waals surface area contributed by atoms with Gasteiger partial charge in [0.15, 0.2) is 17.3 Å². The van der Waals surface area contributed by atoms with Crippen LogP contribution in [0.15, 0.2) is 17.2 Å². The zero-order valence-corrected chi connectivity index (χ0v) is 16.2. The highest BCUT2D eigenvalue weighted by atomic mass is 16.5. The molecule has 1 amide bonds. The molecule has 5 heterocycles. The minimum absolute atomic E-state index is 0.0510. The Hall–Kier alpha value is -3.08. The SMILES string of the molecule is Cc1noc(CN2CC3(CCN(c4ncnc5nc[nH]c45)CC3)OCCC2=O)n1. The summed E-state index contributed by atoms with van der Waals surface area (Å²) in [4.78, 5) is 36.8. The number of aromatic amines is 1. The summed E-state index contributed by atoms with van der Waals surface area (Å²) in [5.74, 6) is 1.92. The van der Waals surface area contributed by atoms with Crippen LogP contribution >= 0.6 is 0 Å². The van der Waals surface area contributed by atoms with Crippen LogP contribution in [0.3, 0.4) is 0 Å². The van der Waals surface area contributed by atoms with E-state index in [1.54, 1.807) is 18.2 Å². The number of carbonyl (C=O) groups is 1. The molecule has 2 aliphatic heterocycles. The van der Waals surface area contributed by atoms with Gasteiger partial charge in [-0.2, -0.15) is 4.98 Å². The van der Waals surface area contributed by atoms with Crippen molar-refractivity contribution in [1.82, 2.24) is 35.0 Å². The Morgan fingerprint density at radius 1 is 1.24 bits per heavy atom. The summed E-state index contributed by atoms with van der Waals surface area (Å²) < 4.78 is 11.4. The first-order chi connectivity index (χ1) is 14.1. The molecule has 0 bridgehead atoms. The first kappa shape index (κ1) is 18.0. The van der Waals surface area contributed by atoms with Crippen molar-refractivity contribution < 1.29 is 14.1 Å². The van der Waals surface area contributed by atoms with E-state index in [1.807, 2.05) is 0 Å². The zero-order valence-electron chi connectivity index (χ0n) is 16.2. The predicted molar refractivity (Wildman–Crippen MR) is 101 cm³/mol. The molecule has 11 nitrogen and oxygen atoms in total. The van der Waals surface area contributed by atoms with E-state index in [1.165, 1.54) is 6.33 Å². The van der Waals surface area contributed by atoms with Crippen LogP contribution in [0.25, 0.3) is 11.2 Å². The Labute approximate surface area is 166 Å². The van der Waals surface area contributed by atoms with E-state index < -0.39 is 0 Å². The third-order valence-corrected chi connectivity index (χ3v) is 5.63. The minimum atomic E-state index is -0.377. The molecule has 0 atom stereocenters. The normalized spacial score (nSPS) is 19.8. The number of imidazole rings is 1. The van der Waals surface area contributed by atoms with Crippen LogP contribution in [-0.4, -0.2) is 72.7 Å². The lowest BCUT2D eigenvalue weighted by molar-refractivity contribution is -0.132. The maximum atomic E-state index is 12.6. The molecule has 1 N–H and O–H groups in total. The van der Waals surface area contributed by atoms with Gasteiger partial charge >= 0.3 is 0 Å². The number of aromatic nitrogens is 6. The van der Waals surface area contributed by atoms with Crippen molar-refractivity contribution in [3.8, 4) is 0 Å². The molecule has 152 valence electrons. The standard InChI is InChI=1S/C18H22N8O3/c1-12-23-13(29-24-12)8-26-9-18(28-7-2-14(26)27)3-5-25(6-4-18)17-15-16(20-10-19-15)21-11-22-17/h10-11H,2-9H2,1H3,(H,19,20,21,22). The number of fused-ring (bicyclic) bond motifs is 1. The van der Waals surface area contributed by atoms with Crippen molar-refractivity contribution >= 4 is 22.9 Å². The van der Waals surface area contributed by atoms with Crippen molar-refractivity contribution in [3.63, 3.8) is 0 Å². The molecule has 0 aromatic carbocycles. The van der Waals surface area contributed by atoms with E-state index >= 15 is 0 Å². The van der Waals surface area contributed by atoms with Crippen LogP contribution in [0.4, 0.5) is 5.82 Å². The number of H-pyrrole nitrogens is 1. The van der Waals surface area contributed by atoms with E-state index in [2.05, 4.69) is 35.0 Å². The third-order valence-electron chi connectivity index (χ3n) is 5.63. The number of hydrogen-bond acceptors (Lipinski definition) is 9. The number of amides is 1. The molecule has 11 heteroatoms. The fourth-order valence-electron chi connectivity index (χ4n) is 4.13. The van der Waals surface area contributed by atoms with Gasteiger partial charge in [0.05, 0.1) is 31.5 Å². The molecule has 29 heavy (non-hydrogen) atoms. The maximum absolute atomic E-state index is 12.6. The van der Waals surface area contributed by atoms with Crippen molar-refractivity contribution in [2.45, 2.75) is 38.3 Å². The summed E-state index contributed by atoms with van der Waals surface area (Å²) in [5, 5.41) is 3.82. The highest BCUT2D eigenvalue weighted by molar-refractivity contribution is 5.82. The molecule has 3 aromatic rings. The van der Waals surface area contributed by atoms with Crippen molar-refractivity contribution in [1.29, 1.82) is 0 Å². The molecule has 2 aliphatic rings. The number of nitrogens with zero attached hydrogens (tertiary/aromatic N) is 7. The quantitative estimate of drug-likeness (QED) is 0.682. The Kier molecular flexibility index (Phi) is 4.38. The Morgan fingerprint density at radius 3 is 2.90 bits per heavy atom. The fourth-order valence-corrected chi connectivity index (χ4v) is 4.13. The molecular weight excluding hydrogens is 376 g/mol. The van der Waals surface area contributed by atoms with Crippen LogP contribution in [0.1, 0.15) is 31.0 Å². The van der Waals surface area contributed by atoms with Gasteiger partial charge in [0.2, 0.25) is 11.8 Å². The lowest BCUT2D eigenvalue weighted by Gasteiger charge is -2.42. The summed E-state index contributed by atoms with van der Waals surface area (Å²) in [6.45, 7) is 4.57. The van der Waals surface area contributed by atoms with Crippen LogP contribution in [-0.2, 0) is 16.1 Å². The highest BCUT2D eigenvalue weighted by Gasteiger charge is 2.41. The first-order valence-electron chi connectivity index (χ1n) is 9.72. The average molecular weight is 398 g/mol. The Bertz CT molecular complexity index is 1020. The second-order valence-electron chi connectivity index (χ2n) is 7.55. The molecule has 5 rings (SSSR count). The van der Waals surface area contributed by atoms with Gasteiger partial charge in [-0.05, 0) is 19.8 Å². The number of aryl methyl sites for hydroxylation is 1. The van der Waals surface area contributed by atoms with E-state index in [4.69, 9.17) is 9.26 Å². The summed E-state index contributed by atoms with van der Waals surface area (Å²) in [6, 6.07) is 0. The van der Waals surface area contributed by atoms with Crippen LogP contribution < -0.4 is 4.90 Å². The molecule has 0 unspecified atom stereocenters. The van der Waals surface area contributed by atoms with Crippen LogP contribution in [0, 0.1) is 6.92 Å². The Balaban J connectivity index is 1.32. The van der Waals surface area contributed by atoms with Crippen LogP contribution in [0.2, 0.25) is 0 Å². The highest BCUT2D eigenvalue weighted by Crippen LogP contribution is 2.33. The molecule has 0 saturated carbocycles. The average Bonchev–Trinajstić information content (AvgIpc) is 3.33. The molecule has 0 aliphatic carbocycles. The second kappa shape index (κ2) is 7.07. The third kappa shape index (κ3) is 3.41. The number of piperidine rings is 1. The van der Waals surface area contributed by atoms with Gasteiger partial charge < -0.3 is 24.0 Å². The largest absolute Gasteiger partial charge is 0.372 e. The molecule has 1 spiro atoms. The van der Waals surface area contributed by atoms with Crippen LogP contribution in [0.5, 0.6) is 0 Å². The predicted octanol–water partition coefficient (Wildman–Crippen LogP) is 0.832. The number of hydrogen-bond donors (Lipinski definition) is 1. The van der Waals surface area contributed by atoms with Gasteiger partial charge in [-0.15, -0.1) is 0 Å². The van der Waals surface area contributed by atoms with Gasteiger partial charge in [0, 0.05) is 13.1 Å². The van der Waals surface area contributed by atoms with Gasteiger partial charge in [-0.3, -0.25) is 4.79 Å². The maximum Gasteiger partial charge on any atom is 0.246 e. The van der Waals surface area contributed by atoms with E-state index in [9.17, 15) is 4.79 Å². The van der Waals surface area contributed by atoms with Crippen molar-refractivity contribution in [3.05, 3.63) is 24.4 Å². The zero-order chi connectivity index (χ0) is 19.8. The fraction of sp³-hybridized carbons (Fsp3) is 0.556. The van der Waals surface area contributed by atoms with Gasteiger partial charge in [0.1, 0.15) is 18.4 Å². The second-order valence-corrected chi connectivity index (χ2v) is 7.55. The number of carbonyl (C=O) groups excluding carboxylic acids is 1. The lowest BCUT2D eigenvalue weighted by Crippen LogP contribution is -2.52. The number of nitrogens with one attached hydrogen (secondary N) is 1. The van der Waals surface area contributed by atoms with Crippen molar-refractivity contribution in [2.24, 2.45) is 0 Å². The molecule has 2 fully saturated rings. The number of ether oxygens (including phenoxy) is 1. The summed E-state index contributed by atoms with van der Waals surface area (Å²) in [5.41, 5.74) is 1.12. The van der Waals surface area contributed by atoms with E-state index in [0.717, 1.165) is 37.3 Å². The van der Waals surface area contributed by atoms with E-state index in [0.29, 0.717) is 43.5 Å². The number of anilines is 1. The van der Waals surface area contributed by atoms with Gasteiger partial charge in [-0.1, -0.05) is 5.16 Å². The summed E-state index contributed by atoms with van der Waals surface area (Å²) >= 11 is 0. The summed E-state index contributed by atoms with van der Waals surface area (Å²) in [7, 11) is 0. The Morgan fingerprint density at radius 2 is 2.10 bits per heavy atom. The van der Waals surface area contributed by atoms with Crippen molar-refractivity contribution in [2.75, 3.05) is 31.1 Å². The lowest BCUT2D eigenvalue weighted by atomic mass is 9.90. The van der Waals surface area contributed by atoms with Gasteiger partial charge in [-0.25, -0.2) is 15.0 Å². The summed E-state index contributed by atoms with van der Waals surface area (Å²) in [6.07, 6.45) is 5.11. The smallest absolute Gasteiger partial charge is 0.246 e. The number of rotatable bonds is 3. The molecule has 0 radical (unpaired) electrons. The molecule has 3 aromatic heterocycles. The minimum Gasteiger partial charge on any atom is -0.372 e. The molecular formula is C18H22N8O3. The first-order valence-corrected chi connectivity index (χ1v) is 9.72. The van der Waals surface area contributed by atoms with E-state index in [-0.39, 0.29) is 11.5 Å². The topological polar surface area (TPSA) is 126 Å². The molecule has 2 saturated heterocycles. The monoisotopic (exact) mass is 398 g/mol. The van der Waals surface area contributed by atoms with Gasteiger partial charge in [0.25, 0.3) is 0 Å².